The fourth-order valence-electron chi connectivity index (χ4n) is 1.82. The molecule has 2 rings (SSSR count). The van der Waals surface area contributed by atoms with Crippen LogP contribution in [-0.2, 0) is 6.54 Å². The van der Waals surface area contributed by atoms with Crippen LogP contribution in [0.5, 0.6) is 5.75 Å². The van der Waals surface area contributed by atoms with E-state index >= 15 is 0 Å². The van der Waals surface area contributed by atoms with Crippen molar-refractivity contribution in [2.75, 3.05) is 5.32 Å². The molecule has 0 radical (unpaired) electrons. The van der Waals surface area contributed by atoms with Crippen molar-refractivity contribution in [2.45, 2.75) is 26.4 Å². The van der Waals surface area contributed by atoms with Crippen LogP contribution in [0.25, 0.3) is 0 Å². The van der Waals surface area contributed by atoms with Gasteiger partial charge in [-0.25, -0.2) is 4.79 Å². The SMILES string of the molecule is CC(C)NCc1cccc(NC(=O)Oc2ccccc2)c1. The van der Waals surface area contributed by atoms with Crippen LogP contribution in [0, 0.1) is 0 Å². The van der Waals surface area contributed by atoms with Crippen LogP contribution in [0.2, 0.25) is 0 Å². The second-order valence-corrected chi connectivity index (χ2v) is 5.06. The molecule has 4 heteroatoms. The van der Waals surface area contributed by atoms with E-state index in [0.29, 0.717) is 11.8 Å². The first kappa shape index (κ1) is 15.1. The van der Waals surface area contributed by atoms with Crippen molar-refractivity contribution in [3.05, 3.63) is 60.2 Å². The number of ether oxygens (including phenoxy) is 1. The number of carbonyl (C=O) groups is 1. The van der Waals surface area contributed by atoms with Gasteiger partial charge in [0.05, 0.1) is 0 Å². The van der Waals surface area contributed by atoms with Crippen molar-refractivity contribution in [1.82, 2.24) is 5.32 Å². The summed E-state index contributed by atoms with van der Waals surface area (Å²) in [6.07, 6.45) is -0.491. The highest BCUT2D eigenvalue weighted by Crippen LogP contribution is 2.13. The molecule has 0 fully saturated rings. The molecule has 0 aliphatic heterocycles. The molecule has 110 valence electrons. The molecule has 2 N–H and O–H groups in total. The molecule has 0 bridgehead atoms. The van der Waals surface area contributed by atoms with Gasteiger partial charge < -0.3 is 10.1 Å². The Morgan fingerprint density at radius 2 is 1.86 bits per heavy atom. The van der Waals surface area contributed by atoms with Gasteiger partial charge in [0.25, 0.3) is 0 Å². The molecule has 2 aromatic carbocycles. The van der Waals surface area contributed by atoms with E-state index in [2.05, 4.69) is 24.5 Å². The van der Waals surface area contributed by atoms with Gasteiger partial charge >= 0.3 is 6.09 Å². The van der Waals surface area contributed by atoms with Crippen LogP contribution < -0.4 is 15.4 Å². The fourth-order valence-corrected chi connectivity index (χ4v) is 1.82. The van der Waals surface area contributed by atoms with Crippen molar-refractivity contribution in [3.63, 3.8) is 0 Å². The summed E-state index contributed by atoms with van der Waals surface area (Å²) < 4.78 is 5.19. The number of rotatable bonds is 5. The van der Waals surface area contributed by atoms with Crippen LogP contribution in [0.1, 0.15) is 19.4 Å². The molecule has 0 aliphatic carbocycles. The monoisotopic (exact) mass is 284 g/mol. The third-order valence-electron chi connectivity index (χ3n) is 2.84. The second-order valence-electron chi connectivity index (χ2n) is 5.06. The lowest BCUT2D eigenvalue weighted by Gasteiger charge is -2.10. The smallest absolute Gasteiger partial charge is 0.410 e. The molecule has 0 aliphatic rings. The number of carbonyl (C=O) groups excluding carboxylic acids is 1. The molecule has 1 amide bonds. The Balaban J connectivity index is 1.93. The van der Waals surface area contributed by atoms with E-state index in [1.807, 2.05) is 42.5 Å². The lowest BCUT2D eigenvalue weighted by atomic mass is 10.2. The van der Waals surface area contributed by atoms with Crippen molar-refractivity contribution in [2.24, 2.45) is 0 Å². The van der Waals surface area contributed by atoms with Crippen LogP contribution >= 0.6 is 0 Å². The first-order valence-electron chi connectivity index (χ1n) is 6.99. The number of amides is 1. The summed E-state index contributed by atoms with van der Waals surface area (Å²) >= 11 is 0. The Hall–Kier alpha value is -2.33. The molecular weight excluding hydrogens is 264 g/mol. The lowest BCUT2D eigenvalue weighted by molar-refractivity contribution is 0.215. The van der Waals surface area contributed by atoms with Crippen LogP contribution in [-0.4, -0.2) is 12.1 Å². The van der Waals surface area contributed by atoms with Crippen LogP contribution in [0.4, 0.5) is 10.5 Å². The summed E-state index contributed by atoms with van der Waals surface area (Å²) in [5.41, 5.74) is 1.83. The first-order chi connectivity index (χ1) is 10.1. The van der Waals surface area contributed by atoms with Gasteiger partial charge in [0.1, 0.15) is 5.75 Å². The van der Waals surface area contributed by atoms with Gasteiger partial charge in [-0.2, -0.15) is 0 Å². The average molecular weight is 284 g/mol. The summed E-state index contributed by atoms with van der Waals surface area (Å²) in [6.45, 7) is 4.96. The van der Waals surface area contributed by atoms with Gasteiger partial charge in [-0.15, -0.1) is 0 Å². The number of nitrogens with one attached hydrogen (secondary N) is 2. The summed E-state index contributed by atoms with van der Waals surface area (Å²) in [5.74, 6) is 0.521. The summed E-state index contributed by atoms with van der Waals surface area (Å²) in [5, 5.41) is 6.07. The predicted molar refractivity (Wildman–Crippen MR) is 84.5 cm³/mol. The molecule has 0 atom stereocenters. The molecule has 21 heavy (non-hydrogen) atoms. The Labute approximate surface area is 125 Å². The minimum absolute atomic E-state index is 0.421. The zero-order chi connectivity index (χ0) is 15.1. The Kier molecular flexibility index (Phi) is 5.35. The van der Waals surface area contributed by atoms with Gasteiger partial charge in [0, 0.05) is 18.3 Å². The highest BCUT2D eigenvalue weighted by molar-refractivity contribution is 5.86. The normalized spacial score (nSPS) is 10.4. The quantitative estimate of drug-likeness (QED) is 0.878. The molecule has 0 spiro atoms. The molecule has 4 nitrogen and oxygen atoms in total. The molecule has 0 unspecified atom stereocenters. The largest absolute Gasteiger partial charge is 0.417 e. The zero-order valence-electron chi connectivity index (χ0n) is 12.3. The number of hydrogen-bond acceptors (Lipinski definition) is 3. The Morgan fingerprint density at radius 3 is 2.57 bits per heavy atom. The van der Waals surface area contributed by atoms with Gasteiger partial charge in [-0.1, -0.05) is 44.2 Å². The highest BCUT2D eigenvalue weighted by atomic mass is 16.6. The van der Waals surface area contributed by atoms with Crippen molar-refractivity contribution >= 4 is 11.8 Å². The van der Waals surface area contributed by atoms with Crippen molar-refractivity contribution in [3.8, 4) is 5.75 Å². The summed E-state index contributed by atoms with van der Waals surface area (Å²) in [7, 11) is 0. The fraction of sp³-hybridized carbons (Fsp3) is 0.235. The standard InChI is InChI=1S/C17H20N2O2/c1-13(2)18-12-14-7-6-8-15(11-14)19-17(20)21-16-9-4-3-5-10-16/h3-11,13,18H,12H2,1-2H3,(H,19,20). The van der Waals surface area contributed by atoms with Gasteiger partial charge in [-0.3, -0.25) is 5.32 Å². The third-order valence-corrected chi connectivity index (χ3v) is 2.84. The summed E-state index contributed by atoms with van der Waals surface area (Å²) in [6, 6.07) is 17.1. The molecule has 0 aromatic heterocycles. The Bertz CT molecular complexity index is 582. The number of anilines is 1. The van der Waals surface area contributed by atoms with E-state index < -0.39 is 6.09 Å². The van der Waals surface area contributed by atoms with Crippen molar-refractivity contribution < 1.29 is 9.53 Å². The maximum atomic E-state index is 11.8. The van der Waals surface area contributed by atoms with Crippen molar-refractivity contribution in [1.29, 1.82) is 0 Å². The van der Waals surface area contributed by atoms with E-state index in [-0.39, 0.29) is 0 Å². The lowest BCUT2D eigenvalue weighted by Crippen LogP contribution is -2.22. The summed E-state index contributed by atoms with van der Waals surface area (Å²) in [4.78, 5) is 11.8. The zero-order valence-corrected chi connectivity index (χ0v) is 12.3. The molecule has 0 heterocycles. The van der Waals surface area contributed by atoms with E-state index in [1.165, 1.54) is 0 Å². The highest BCUT2D eigenvalue weighted by Gasteiger charge is 2.05. The first-order valence-corrected chi connectivity index (χ1v) is 6.99. The number of para-hydroxylation sites is 1. The average Bonchev–Trinajstić information content (AvgIpc) is 2.46. The van der Waals surface area contributed by atoms with Gasteiger partial charge in [0.2, 0.25) is 0 Å². The number of benzene rings is 2. The minimum Gasteiger partial charge on any atom is -0.410 e. The van der Waals surface area contributed by atoms with E-state index in [0.717, 1.165) is 17.8 Å². The molecule has 0 saturated carbocycles. The molecular formula is C17H20N2O2. The van der Waals surface area contributed by atoms with E-state index in [1.54, 1.807) is 12.1 Å². The maximum absolute atomic E-state index is 11.8. The minimum atomic E-state index is -0.491. The van der Waals surface area contributed by atoms with E-state index in [4.69, 9.17) is 4.74 Å². The second kappa shape index (κ2) is 7.45. The maximum Gasteiger partial charge on any atom is 0.417 e. The van der Waals surface area contributed by atoms with Crippen LogP contribution in [0.15, 0.2) is 54.6 Å². The van der Waals surface area contributed by atoms with Crippen LogP contribution in [0.3, 0.4) is 0 Å². The topological polar surface area (TPSA) is 50.4 Å². The van der Waals surface area contributed by atoms with Gasteiger partial charge in [0.15, 0.2) is 0 Å². The third kappa shape index (κ3) is 5.28. The Morgan fingerprint density at radius 1 is 1.10 bits per heavy atom. The number of hydrogen-bond donors (Lipinski definition) is 2. The van der Waals surface area contributed by atoms with E-state index in [9.17, 15) is 4.79 Å². The van der Waals surface area contributed by atoms with Gasteiger partial charge in [-0.05, 0) is 29.8 Å². The molecule has 2 aromatic rings. The molecule has 0 saturated heterocycles. The predicted octanol–water partition coefficient (Wildman–Crippen LogP) is 3.80.